The number of ether oxygens (including phenoxy) is 2. The fraction of sp³-hybridized carbons (Fsp3) is 0.158. The molecule has 0 spiro atoms. The van der Waals surface area contributed by atoms with Gasteiger partial charge in [0.25, 0.3) is 0 Å². The first-order valence-electron chi connectivity index (χ1n) is 7.59. The zero-order chi connectivity index (χ0) is 18.0. The lowest BCUT2D eigenvalue weighted by atomic mass is 10.1. The molecule has 1 heterocycles. The molecule has 6 nitrogen and oxygen atoms in total. The summed E-state index contributed by atoms with van der Waals surface area (Å²) < 4.78 is 16.3. The van der Waals surface area contributed by atoms with Gasteiger partial charge in [-0.1, -0.05) is 12.1 Å². The van der Waals surface area contributed by atoms with Gasteiger partial charge >= 0.3 is 0 Å². The van der Waals surface area contributed by atoms with E-state index in [1.54, 1.807) is 55.6 Å². The molecule has 6 heteroatoms. The number of carboxylic acids is 1. The Balaban J connectivity index is 2.23. The zero-order valence-electron chi connectivity index (χ0n) is 13.6. The molecular weight excluding hydrogens is 324 g/mol. The molecule has 0 unspecified atom stereocenters. The minimum Gasteiger partial charge on any atom is -0.546 e. The van der Waals surface area contributed by atoms with Gasteiger partial charge in [0.1, 0.15) is 17.4 Å². The van der Waals surface area contributed by atoms with Gasteiger partial charge in [0.2, 0.25) is 11.2 Å². The number of benzene rings is 2. The Morgan fingerprint density at radius 2 is 1.80 bits per heavy atom. The molecule has 0 saturated heterocycles. The van der Waals surface area contributed by atoms with Crippen molar-refractivity contribution in [3.63, 3.8) is 0 Å². The van der Waals surface area contributed by atoms with E-state index in [0.717, 1.165) is 0 Å². The highest BCUT2D eigenvalue weighted by molar-refractivity contribution is 5.82. The molecule has 1 aromatic heterocycles. The smallest absolute Gasteiger partial charge is 0.235 e. The summed E-state index contributed by atoms with van der Waals surface area (Å²) in [6.07, 6.45) is -1.30. The number of carbonyl (C=O) groups excluding carboxylic acids is 1. The predicted octanol–water partition coefficient (Wildman–Crippen LogP) is 1.99. The minimum atomic E-state index is -1.42. The third kappa shape index (κ3) is 3.19. The van der Waals surface area contributed by atoms with Crippen LogP contribution < -0.4 is 20.0 Å². The van der Waals surface area contributed by atoms with Crippen LogP contribution in [-0.2, 0) is 4.79 Å². The molecule has 0 bridgehead atoms. The van der Waals surface area contributed by atoms with E-state index < -0.39 is 17.5 Å². The van der Waals surface area contributed by atoms with E-state index >= 15 is 0 Å². The normalized spacial score (nSPS) is 11.9. The molecule has 2 aromatic carbocycles. The van der Waals surface area contributed by atoms with Gasteiger partial charge in [-0.25, -0.2) is 0 Å². The number of hydrogen-bond acceptors (Lipinski definition) is 6. The Hall–Kier alpha value is -3.28. The van der Waals surface area contributed by atoms with Gasteiger partial charge in [0, 0.05) is 5.56 Å². The molecule has 0 aliphatic rings. The predicted molar refractivity (Wildman–Crippen MR) is 89.6 cm³/mol. The largest absolute Gasteiger partial charge is 0.546 e. The van der Waals surface area contributed by atoms with Crippen molar-refractivity contribution in [3.8, 4) is 22.8 Å². The summed E-state index contributed by atoms with van der Waals surface area (Å²) in [4.78, 5) is 23.8. The Labute approximate surface area is 143 Å². The van der Waals surface area contributed by atoms with Crippen LogP contribution in [0.5, 0.6) is 11.5 Å². The lowest BCUT2D eigenvalue weighted by Crippen LogP contribution is -2.38. The van der Waals surface area contributed by atoms with Crippen molar-refractivity contribution in [2.75, 3.05) is 7.11 Å². The van der Waals surface area contributed by atoms with Crippen LogP contribution >= 0.6 is 0 Å². The second-order valence-corrected chi connectivity index (χ2v) is 5.39. The minimum absolute atomic E-state index is 0.152. The lowest BCUT2D eigenvalue weighted by molar-refractivity contribution is -0.312. The monoisotopic (exact) mass is 339 g/mol. The van der Waals surface area contributed by atoms with E-state index in [9.17, 15) is 14.7 Å². The van der Waals surface area contributed by atoms with Crippen LogP contribution in [0.2, 0.25) is 0 Å². The van der Waals surface area contributed by atoms with E-state index in [0.29, 0.717) is 22.3 Å². The second kappa shape index (κ2) is 6.68. The van der Waals surface area contributed by atoms with Crippen LogP contribution in [0.25, 0.3) is 22.3 Å². The highest BCUT2D eigenvalue weighted by Crippen LogP contribution is 2.32. The van der Waals surface area contributed by atoms with Crippen molar-refractivity contribution < 1.29 is 23.8 Å². The third-order valence-electron chi connectivity index (χ3n) is 3.73. The molecule has 3 rings (SSSR count). The van der Waals surface area contributed by atoms with Crippen molar-refractivity contribution in [3.05, 3.63) is 58.8 Å². The summed E-state index contributed by atoms with van der Waals surface area (Å²) in [7, 11) is 1.54. The molecule has 1 atom stereocenters. The molecule has 25 heavy (non-hydrogen) atoms. The molecule has 0 fully saturated rings. The maximum absolute atomic E-state index is 12.8. The Morgan fingerprint density at radius 1 is 1.12 bits per heavy atom. The fourth-order valence-electron chi connectivity index (χ4n) is 2.39. The first-order chi connectivity index (χ1) is 12.0. The van der Waals surface area contributed by atoms with E-state index in [1.807, 2.05) is 0 Å². The van der Waals surface area contributed by atoms with Crippen molar-refractivity contribution in [2.24, 2.45) is 0 Å². The Kier molecular flexibility index (Phi) is 4.43. The average molecular weight is 339 g/mol. The van der Waals surface area contributed by atoms with Crippen molar-refractivity contribution in [1.29, 1.82) is 0 Å². The molecular formula is C19H15O6-. The first kappa shape index (κ1) is 16.6. The molecule has 0 aliphatic carbocycles. The van der Waals surface area contributed by atoms with Crippen LogP contribution in [0.15, 0.2) is 57.7 Å². The van der Waals surface area contributed by atoms with Gasteiger partial charge in [-0.2, -0.15) is 0 Å². The molecule has 0 aliphatic heterocycles. The number of methoxy groups -OCH3 is 1. The van der Waals surface area contributed by atoms with Crippen molar-refractivity contribution in [1.82, 2.24) is 0 Å². The van der Waals surface area contributed by atoms with Crippen LogP contribution in [0.3, 0.4) is 0 Å². The highest BCUT2D eigenvalue weighted by Gasteiger charge is 2.20. The van der Waals surface area contributed by atoms with Crippen molar-refractivity contribution >= 4 is 16.9 Å². The van der Waals surface area contributed by atoms with Gasteiger partial charge in [-0.3, -0.25) is 4.79 Å². The van der Waals surface area contributed by atoms with E-state index in [2.05, 4.69) is 0 Å². The van der Waals surface area contributed by atoms with E-state index in [1.165, 1.54) is 6.92 Å². The molecule has 0 radical (unpaired) electrons. The average Bonchev–Trinajstić information content (AvgIpc) is 2.63. The van der Waals surface area contributed by atoms with Crippen LogP contribution in [0, 0.1) is 0 Å². The fourth-order valence-corrected chi connectivity index (χ4v) is 2.39. The Morgan fingerprint density at radius 3 is 2.44 bits per heavy atom. The van der Waals surface area contributed by atoms with Crippen LogP contribution in [0.4, 0.5) is 0 Å². The summed E-state index contributed by atoms with van der Waals surface area (Å²) in [6.45, 7) is 1.29. The maximum atomic E-state index is 12.8. The van der Waals surface area contributed by atoms with Gasteiger partial charge in [-0.05, 0) is 43.3 Å². The lowest BCUT2D eigenvalue weighted by Gasteiger charge is -2.17. The number of aliphatic carboxylic acids is 1. The number of rotatable bonds is 5. The molecule has 3 aromatic rings. The topological polar surface area (TPSA) is 88.8 Å². The number of carboxylic acid groups (broad SMARTS) is 1. The number of carbonyl (C=O) groups is 1. The van der Waals surface area contributed by atoms with Crippen LogP contribution in [0.1, 0.15) is 6.92 Å². The van der Waals surface area contributed by atoms with Gasteiger partial charge in [-0.15, -0.1) is 0 Å². The number of para-hydroxylation sites is 1. The summed E-state index contributed by atoms with van der Waals surface area (Å²) in [6, 6.07) is 13.5. The Bertz CT molecular complexity index is 971. The second-order valence-electron chi connectivity index (χ2n) is 5.39. The SMILES string of the molecule is COc1ccc(-c2oc3ccccc3c(=O)c2O[C@@H](C)C(=O)[O-])cc1. The maximum Gasteiger partial charge on any atom is 0.235 e. The molecule has 0 saturated carbocycles. The van der Waals surface area contributed by atoms with Gasteiger partial charge < -0.3 is 23.8 Å². The molecule has 0 N–H and O–H groups in total. The van der Waals surface area contributed by atoms with Gasteiger partial charge in [0.05, 0.1) is 18.5 Å². The highest BCUT2D eigenvalue weighted by atomic mass is 16.5. The van der Waals surface area contributed by atoms with E-state index in [4.69, 9.17) is 13.9 Å². The zero-order valence-corrected chi connectivity index (χ0v) is 13.6. The summed E-state index contributed by atoms with van der Waals surface area (Å²) >= 11 is 0. The van der Waals surface area contributed by atoms with E-state index in [-0.39, 0.29) is 11.5 Å². The standard InChI is InChI=1S/C19H16O6/c1-11(19(21)22)24-18-16(20)14-5-3-4-6-15(14)25-17(18)12-7-9-13(23-2)10-8-12/h3-11H,1-2H3,(H,21,22)/p-1/t11-/m0/s1. The molecule has 0 amide bonds. The quantitative estimate of drug-likeness (QED) is 0.706. The number of fused-ring (bicyclic) bond motifs is 1. The van der Waals surface area contributed by atoms with Gasteiger partial charge in [0.15, 0.2) is 5.76 Å². The number of hydrogen-bond donors (Lipinski definition) is 0. The summed E-state index contributed by atoms with van der Waals surface area (Å²) in [5.41, 5.74) is 0.497. The van der Waals surface area contributed by atoms with Crippen molar-refractivity contribution in [2.45, 2.75) is 13.0 Å². The summed E-state index contributed by atoms with van der Waals surface area (Å²) in [5.74, 6) is -0.800. The third-order valence-corrected chi connectivity index (χ3v) is 3.73. The molecule has 128 valence electrons. The van der Waals surface area contributed by atoms with Crippen LogP contribution in [-0.4, -0.2) is 19.2 Å². The summed E-state index contributed by atoms with van der Waals surface area (Å²) in [5, 5.41) is 11.3. The first-order valence-corrected chi connectivity index (χ1v) is 7.59.